The third-order valence-electron chi connectivity index (χ3n) is 5.56. The van der Waals surface area contributed by atoms with Gasteiger partial charge in [0.1, 0.15) is 11.4 Å². The molecule has 24 heavy (non-hydrogen) atoms. The summed E-state index contributed by atoms with van der Waals surface area (Å²) in [7, 11) is 0. The molecule has 1 aliphatic carbocycles. The molecule has 1 unspecified atom stereocenters. The van der Waals surface area contributed by atoms with E-state index in [0.717, 1.165) is 6.42 Å². The normalized spacial score (nSPS) is 30.6. The second-order valence-corrected chi connectivity index (χ2v) is 8.91. The van der Waals surface area contributed by atoms with Gasteiger partial charge in [-0.25, -0.2) is 4.79 Å². The molecule has 2 rings (SSSR count). The minimum absolute atomic E-state index is 0.0177. The summed E-state index contributed by atoms with van der Waals surface area (Å²) in [5, 5.41) is 0. The smallest absolute Gasteiger partial charge is 0.410 e. The van der Waals surface area contributed by atoms with Crippen molar-refractivity contribution in [2.24, 2.45) is 17.8 Å². The van der Waals surface area contributed by atoms with E-state index in [0.29, 0.717) is 25.4 Å². The van der Waals surface area contributed by atoms with E-state index in [1.165, 1.54) is 0 Å². The summed E-state index contributed by atoms with van der Waals surface area (Å²) in [6.07, 6.45) is 1.15. The number of carbonyl (C=O) groups excluding carboxylic acids is 2. The maximum Gasteiger partial charge on any atom is 0.410 e. The Morgan fingerprint density at radius 3 is 2.38 bits per heavy atom. The zero-order chi connectivity index (χ0) is 18.3. The minimum atomic E-state index is -0.523. The molecule has 0 spiro atoms. The first kappa shape index (κ1) is 19.2. The lowest BCUT2D eigenvalue weighted by molar-refractivity contribution is -0.121. The first-order valence-corrected chi connectivity index (χ1v) is 9.11. The van der Waals surface area contributed by atoms with Crippen LogP contribution in [0, 0.1) is 17.8 Å². The van der Waals surface area contributed by atoms with Crippen molar-refractivity contribution in [2.45, 2.75) is 78.6 Å². The molecular weight excluding hydrogens is 306 g/mol. The number of hydrogen-bond acceptors (Lipinski definition) is 4. The third kappa shape index (κ3) is 4.11. The Labute approximate surface area is 146 Å². The molecule has 0 aromatic rings. The molecule has 4 atom stereocenters. The van der Waals surface area contributed by atoms with Crippen molar-refractivity contribution < 1.29 is 19.1 Å². The topological polar surface area (TPSA) is 55.8 Å². The highest BCUT2D eigenvalue weighted by molar-refractivity contribution is 5.84. The van der Waals surface area contributed by atoms with E-state index in [-0.39, 0.29) is 35.5 Å². The average Bonchev–Trinajstić information content (AvgIpc) is 2.93. The van der Waals surface area contributed by atoms with Gasteiger partial charge in [0.2, 0.25) is 0 Å². The Morgan fingerprint density at radius 2 is 1.83 bits per heavy atom. The van der Waals surface area contributed by atoms with Crippen LogP contribution in [0.2, 0.25) is 0 Å². The summed E-state index contributed by atoms with van der Waals surface area (Å²) in [5.41, 5.74) is -0.754. The van der Waals surface area contributed by atoms with E-state index in [1.807, 2.05) is 27.7 Å². The van der Waals surface area contributed by atoms with E-state index in [2.05, 4.69) is 20.8 Å². The van der Waals surface area contributed by atoms with Gasteiger partial charge in [-0.15, -0.1) is 0 Å². The Hall–Kier alpha value is -1.10. The standard InChI is InChI=1S/C19H33NO4/c1-8-19(6,7)23-11-15-13-9-16(21)12(2)14(13)10-20(15)17(22)24-18(3,4)5/h12-15H,8-11H2,1-7H3/t12?,13-,14+,15+/m0/s1. The molecule has 5 heteroatoms. The quantitative estimate of drug-likeness (QED) is 0.784. The van der Waals surface area contributed by atoms with Gasteiger partial charge >= 0.3 is 6.09 Å². The number of amides is 1. The number of rotatable bonds is 4. The molecule has 0 N–H and O–H groups in total. The van der Waals surface area contributed by atoms with Gasteiger partial charge in [0.25, 0.3) is 0 Å². The Kier molecular flexibility index (Phi) is 5.34. The van der Waals surface area contributed by atoms with Crippen molar-refractivity contribution in [3.8, 4) is 0 Å². The maximum absolute atomic E-state index is 12.6. The minimum Gasteiger partial charge on any atom is -0.444 e. The lowest BCUT2D eigenvalue weighted by atomic mass is 9.90. The Balaban J connectivity index is 2.16. The van der Waals surface area contributed by atoms with Gasteiger partial charge in [0.15, 0.2) is 0 Å². The lowest BCUT2D eigenvalue weighted by Crippen LogP contribution is -2.45. The highest BCUT2D eigenvalue weighted by Gasteiger charge is 2.53. The molecule has 1 saturated carbocycles. The summed E-state index contributed by atoms with van der Waals surface area (Å²) >= 11 is 0. The van der Waals surface area contributed by atoms with Crippen molar-refractivity contribution in [1.82, 2.24) is 4.90 Å². The molecule has 2 fully saturated rings. The fourth-order valence-corrected chi connectivity index (χ4v) is 3.64. The van der Waals surface area contributed by atoms with Gasteiger partial charge < -0.3 is 14.4 Å². The van der Waals surface area contributed by atoms with Gasteiger partial charge in [-0.1, -0.05) is 13.8 Å². The number of fused-ring (bicyclic) bond motifs is 1. The van der Waals surface area contributed by atoms with Crippen LogP contribution >= 0.6 is 0 Å². The highest BCUT2D eigenvalue weighted by Crippen LogP contribution is 2.44. The largest absolute Gasteiger partial charge is 0.444 e. The molecule has 1 saturated heterocycles. The number of hydrogen-bond donors (Lipinski definition) is 0. The number of nitrogens with zero attached hydrogens (tertiary/aromatic N) is 1. The van der Waals surface area contributed by atoms with E-state index in [4.69, 9.17) is 9.47 Å². The first-order valence-electron chi connectivity index (χ1n) is 9.11. The average molecular weight is 339 g/mol. The summed E-state index contributed by atoms with van der Waals surface area (Å²) < 4.78 is 11.7. The van der Waals surface area contributed by atoms with Crippen molar-refractivity contribution >= 4 is 11.9 Å². The van der Waals surface area contributed by atoms with Crippen LogP contribution in [0.4, 0.5) is 4.79 Å². The number of ketones is 1. The van der Waals surface area contributed by atoms with E-state index in [9.17, 15) is 9.59 Å². The Morgan fingerprint density at radius 1 is 1.21 bits per heavy atom. The zero-order valence-electron chi connectivity index (χ0n) is 16.2. The second-order valence-electron chi connectivity index (χ2n) is 8.91. The fourth-order valence-electron chi connectivity index (χ4n) is 3.64. The maximum atomic E-state index is 12.6. The molecule has 0 bridgehead atoms. The summed E-state index contributed by atoms with van der Waals surface area (Å²) in [4.78, 5) is 26.6. The first-order chi connectivity index (χ1) is 10.9. The van der Waals surface area contributed by atoms with Crippen LogP contribution in [0.15, 0.2) is 0 Å². The zero-order valence-corrected chi connectivity index (χ0v) is 16.2. The number of likely N-dealkylation sites (tertiary alicyclic amines) is 1. The second kappa shape index (κ2) is 6.66. The summed E-state index contributed by atoms with van der Waals surface area (Å²) in [6.45, 7) is 14.9. The van der Waals surface area contributed by atoms with Crippen LogP contribution in [0.5, 0.6) is 0 Å². The number of ether oxygens (including phenoxy) is 2. The van der Waals surface area contributed by atoms with Crippen LogP contribution in [-0.2, 0) is 14.3 Å². The van der Waals surface area contributed by atoms with Crippen molar-refractivity contribution in [3.63, 3.8) is 0 Å². The molecular formula is C19H33NO4. The molecule has 0 radical (unpaired) electrons. The monoisotopic (exact) mass is 339 g/mol. The molecule has 0 aromatic heterocycles. The SMILES string of the molecule is CCC(C)(C)OC[C@@H]1[C@H]2CC(=O)C(C)[C@H]2CN1C(=O)OC(C)(C)C. The fraction of sp³-hybridized carbons (Fsp3) is 0.895. The van der Waals surface area contributed by atoms with Crippen molar-refractivity contribution in [2.75, 3.05) is 13.2 Å². The third-order valence-corrected chi connectivity index (χ3v) is 5.56. The molecule has 5 nitrogen and oxygen atoms in total. The van der Waals surface area contributed by atoms with Crippen molar-refractivity contribution in [3.05, 3.63) is 0 Å². The molecule has 2 aliphatic rings. The molecule has 1 aliphatic heterocycles. The van der Waals surface area contributed by atoms with Crippen LogP contribution in [0.25, 0.3) is 0 Å². The summed E-state index contributed by atoms with van der Waals surface area (Å²) in [5.74, 6) is 0.744. The molecule has 138 valence electrons. The Bertz CT molecular complexity index is 494. The van der Waals surface area contributed by atoms with Gasteiger partial charge in [0.05, 0.1) is 18.2 Å². The van der Waals surface area contributed by atoms with E-state index >= 15 is 0 Å². The van der Waals surface area contributed by atoms with Crippen molar-refractivity contribution in [1.29, 1.82) is 0 Å². The van der Waals surface area contributed by atoms with Gasteiger partial charge in [-0.3, -0.25) is 4.79 Å². The molecule has 1 heterocycles. The van der Waals surface area contributed by atoms with E-state index in [1.54, 1.807) is 4.90 Å². The predicted molar refractivity (Wildman–Crippen MR) is 92.8 cm³/mol. The predicted octanol–water partition coefficient (Wildman–Crippen LogP) is 3.65. The molecule has 0 aromatic carbocycles. The highest BCUT2D eigenvalue weighted by atomic mass is 16.6. The van der Waals surface area contributed by atoms with Gasteiger partial charge in [-0.2, -0.15) is 0 Å². The van der Waals surface area contributed by atoms with Crippen LogP contribution < -0.4 is 0 Å². The van der Waals surface area contributed by atoms with Crippen LogP contribution in [0.1, 0.15) is 61.3 Å². The van der Waals surface area contributed by atoms with Gasteiger partial charge in [-0.05, 0) is 52.9 Å². The lowest BCUT2D eigenvalue weighted by Gasteiger charge is -2.33. The van der Waals surface area contributed by atoms with Crippen LogP contribution in [-0.4, -0.2) is 47.2 Å². The number of Topliss-reactive ketones (excluding diaryl/α,β-unsaturated/α-hetero) is 1. The summed E-state index contributed by atoms with van der Waals surface area (Å²) in [6, 6.07) is -0.0791. The number of carbonyl (C=O) groups is 2. The van der Waals surface area contributed by atoms with E-state index < -0.39 is 5.60 Å². The van der Waals surface area contributed by atoms with Crippen LogP contribution in [0.3, 0.4) is 0 Å². The molecule has 1 amide bonds. The van der Waals surface area contributed by atoms with Gasteiger partial charge in [0, 0.05) is 18.9 Å².